The minimum Gasteiger partial charge on any atom is -0.484 e. The van der Waals surface area contributed by atoms with Gasteiger partial charge in [0, 0.05) is 11.4 Å². The first-order valence-corrected chi connectivity index (χ1v) is 9.52. The molecule has 0 radical (unpaired) electrons. The molecule has 1 heterocycles. The van der Waals surface area contributed by atoms with Crippen LogP contribution in [0.3, 0.4) is 0 Å². The average Bonchev–Trinajstić information content (AvgIpc) is 3.28. The number of anilines is 2. The third-order valence-corrected chi connectivity index (χ3v) is 4.60. The smallest absolute Gasteiger partial charge is 0.291 e. The number of benzene rings is 2. The van der Waals surface area contributed by atoms with Crippen molar-refractivity contribution in [2.45, 2.75) is 26.2 Å². The summed E-state index contributed by atoms with van der Waals surface area (Å²) in [6, 6.07) is 17.9. The van der Waals surface area contributed by atoms with Crippen molar-refractivity contribution in [2.75, 3.05) is 17.2 Å². The van der Waals surface area contributed by atoms with Gasteiger partial charge in [-0.3, -0.25) is 9.59 Å². The number of hydrogen-bond acceptors (Lipinski definition) is 4. The number of ether oxygens (including phenoxy) is 1. The molecule has 1 atom stereocenters. The van der Waals surface area contributed by atoms with E-state index in [0.29, 0.717) is 23.0 Å². The van der Waals surface area contributed by atoms with E-state index < -0.39 is 0 Å². The van der Waals surface area contributed by atoms with Crippen LogP contribution in [0, 0.1) is 0 Å². The molecular weight excluding hydrogens is 368 g/mol. The second kappa shape index (κ2) is 9.59. The number of hydrogen-bond donors (Lipinski definition) is 2. The van der Waals surface area contributed by atoms with E-state index in [0.717, 1.165) is 6.42 Å². The number of nitrogens with one attached hydrogen (secondary N) is 2. The fraction of sp³-hybridized carbons (Fsp3) is 0.217. The molecule has 0 aliphatic rings. The quantitative estimate of drug-likeness (QED) is 0.561. The zero-order valence-electron chi connectivity index (χ0n) is 16.5. The predicted octanol–water partition coefficient (Wildman–Crippen LogP) is 5.06. The fourth-order valence-corrected chi connectivity index (χ4v) is 2.71. The van der Waals surface area contributed by atoms with Gasteiger partial charge in [-0.2, -0.15) is 0 Å². The van der Waals surface area contributed by atoms with Gasteiger partial charge in [0.2, 0.25) is 0 Å². The number of carbonyl (C=O) groups is 2. The van der Waals surface area contributed by atoms with Gasteiger partial charge >= 0.3 is 0 Å². The zero-order valence-corrected chi connectivity index (χ0v) is 16.5. The molecule has 29 heavy (non-hydrogen) atoms. The summed E-state index contributed by atoms with van der Waals surface area (Å²) in [5.41, 5.74) is 2.47. The van der Waals surface area contributed by atoms with Crippen molar-refractivity contribution in [1.29, 1.82) is 0 Å². The minimum absolute atomic E-state index is 0.0837. The van der Waals surface area contributed by atoms with E-state index >= 15 is 0 Å². The molecule has 1 unspecified atom stereocenters. The molecule has 3 aromatic rings. The maximum atomic E-state index is 12.1. The molecule has 150 valence electrons. The SMILES string of the molecule is CCC(C)c1ccc(OCC(=O)Nc2ccc(NC(=O)c3ccco3)cc2)cc1. The topological polar surface area (TPSA) is 80.6 Å². The monoisotopic (exact) mass is 392 g/mol. The van der Waals surface area contributed by atoms with Crippen molar-refractivity contribution in [3.63, 3.8) is 0 Å². The van der Waals surface area contributed by atoms with E-state index in [9.17, 15) is 9.59 Å². The lowest BCUT2D eigenvalue weighted by Crippen LogP contribution is -2.20. The Balaban J connectivity index is 1.47. The van der Waals surface area contributed by atoms with Crippen molar-refractivity contribution in [3.8, 4) is 5.75 Å². The number of furan rings is 1. The third kappa shape index (κ3) is 5.72. The highest BCUT2D eigenvalue weighted by Gasteiger charge is 2.09. The van der Waals surface area contributed by atoms with Gasteiger partial charge in [-0.25, -0.2) is 0 Å². The standard InChI is InChI=1S/C23H24N2O4/c1-3-16(2)17-6-12-20(13-7-17)29-15-22(26)24-18-8-10-19(11-9-18)25-23(27)21-5-4-14-28-21/h4-14,16H,3,15H2,1-2H3,(H,24,26)(H,25,27). The van der Waals surface area contributed by atoms with Crippen molar-refractivity contribution >= 4 is 23.2 Å². The maximum absolute atomic E-state index is 12.1. The van der Waals surface area contributed by atoms with Crippen LogP contribution in [0.2, 0.25) is 0 Å². The molecule has 2 N–H and O–H groups in total. The number of carbonyl (C=O) groups excluding carboxylic acids is 2. The van der Waals surface area contributed by atoms with Crippen LogP contribution in [0.5, 0.6) is 5.75 Å². The normalized spacial score (nSPS) is 11.5. The van der Waals surface area contributed by atoms with Crippen LogP contribution in [-0.4, -0.2) is 18.4 Å². The Bertz CT molecular complexity index is 932. The van der Waals surface area contributed by atoms with Crippen molar-refractivity contribution in [1.82, 2.24) is 0 Å². The molecule has 0 saturated carbocycles. The lowest BCUT2D eigenvalue weighted by Gasteiger charge is -2.11. The molecule has 0 spiro atoms. The van der Waals surface area contributed by atoms with E-state index in [1.165, 1.54) is 11.8 Å². The Hall–Kier alpha value is -3.54. The van der Waals surface area contributed by atoms with Crippen LogP contribution in [0.15, 0.2) is 71.3 Å². The summed E-state index contributed by atoms with van der Waals surface area (Å²) >= 11 is 0. The average molecular weight is 392 g/mol. The highest BCUT2D eigenvalue weighted by Crippen LogP contribution is 2.21. The molecule has 2 amide bonds. The van der Waals surface area contributed by atoms with Gasteiger partial charge in [0.15, 0.2) is 12.4 Å². The third-order valence-electron chi connectivity index (χ3n) is 4.60. The molecule has 1 aromatic heterocycles. The highest BCUT2D eigenvalue weighted by molar-refractivity contribution is 6.02. The van der Waals surface area contributed by atoms with Gasteiger partial charge in [-0.05, 0) is 66.4 Å². The number of rotatable bonds is 8. The van der Waals surface area contributed by atoms with E-state index in [2.05, 4.69) is 24.5 Å². The van der Waals surface area contributed by atoms with Gasteiger partial charge in [0.05, 0.1) is 6.26 Å². The molecule has 0 aliphatic carbocycles. The molecule has 2 aromatic carbocycles. The lowest BCUT2D eigenvalue weighted by atomic mass is 9.99. The summed E-state index contributed by atoms with van der Waals surface area (Å²) in [6.45, 7) is 4.25. The Kier molecular flexibility index (Phi) is 6.68. The number of amides is 2. The first-order chi connectivity index (χ1) is 14.0. The second-order valence-electron chi connectivity index (χ2n) is 6.72. The molecule has 6 nitrogen and oxygen atoms in total. The summed E-state index contributed by atoms with van der Waals surface area (Å²) in [5, 5.41) is 5.48. The van der Waals surface area contributed by atoms with Crippen LogP contribution in [-0.2, 0) is 4.79 Å². The van der Waals surface area contributed by atoms with Crippen LogP contribution in [0.4, 0.5) is 11.4 Å². The minimum atomic E-state index is -0.334. The summed E-state index contributed by atoms with van der Waals surface area (Å²) < 4.78 is 10.6. The van der Waals surface area contributed by atoms with Crippen LogP contribution in [0.25, 0.3) is 0 Å². The summed E-state index contributed by atoms with van der Waals surface area (Å²) in [6.07, 6.45) is 2.52. The van der Waals surface area contributed by atoms with Crippen molar-refractivity contribution < 1.29 is 18.7 Å². The molecular formula is C23H24N2O4. The summed E-state index contributed by atoms with van der Waals surface area (Å²) in [5.74, 6) is 0.794. The van der Waals surface area contributed by atoms with E-state index in [4.69, 9.17) is 9.15 Å². The van der Waals surface area contributed by atoms with Gasteiger partial charge in [0.25, 0.3) is 11.8 Å². The first kappa shape index (κ1) is 20.2. The Morgan fingerprint density at radius 2 is 1.62 bits per heavy atom. The molecule has 0 saturated heterocycles. The second-order valence-corrected chi connectivity index (χ2v) is 6.72. The zero-order chi connectivity index (χ0) is 20.6. The van der Waals surface area contributed by atoms with Gasteiger partial charge < -0.3 is 19.8 Å². The fourth-order valence-electron chi connectivity index (χ4n) is 2.71. The van der Waals surface area contributed by atoms with Crippen LogP contribution < -0.4 is 15.4 Å². The first-order valence-electron chi connectivity index (χ1n) is 9.52. The highest BCUT2D eigenvalue weighted by atomic mass is 16.5. The molecule has 0 bridgehead atoms. The van der Waals surface area contributed by atoms with E-state index in [-0.39, 0.29) is 24.2 Å². The molecule has 6 heteroatoms. The molecule has 3 rings (SSSR count). The van der Waals surface area contributed by atoms with Crippen LogP contribution in [0.1, 0.15) is 42.3 Å². The van der Waals surface area contributed by atoms with E-state index in [1.54, 1.807) is 36.4 Å². The molecule has 0 fully saturated rings. The summed E-state index contributed by atoms with van der Waals surface area (Å²) in [7, 11) is 0. The maximum Gasteiger partial charge on any atom is 0.291 e. The largest absolute Gasteiger partial charge is 0.484 e. The lowest BCUT2D eigenvalue weighted by molar-refractivity contribution is -0.118. The summed E-state index contributed by atoms with van der Waals surface area (Å²) in [4.78, 5) is 24.0. The van der Waals surface area contributed by atoms with E-state index in [1.807, 2.05) is 24.3 Å². The van der Waals surface area contributed by atoms with Gasteiger partial charge in [-0.1, -0.05) is 26.0 Å². The van der Waals surface area contributed by atoms with Gasteiger partial charge in [-0.15, -0.1) is 0 Å². The van der Waals surface area contributed by atoms with Crippen LogP contribution >= 0.6 is 0 Å². The predicted molar refractivity (Wildman–Crippen MR) is 112 cm³/mol. The van der Waals surface area contributed by atoms with Crippen molar-refractivity contribution in [2.24, 2.45) is 0 Å². The Morgan fingerprint density at radius 3 is 2.21 bits per heavy atom. The van der Waals surface area contributed by atoms with Crippen molar-refractivity contribution in [3.05, 3.63) is 78.3 Å². The molecule has 0 aliphatic heterocycles. The Morgan fingerprint density at radius 1 is 0.966 bits per heavy atom. The Labute approximate surface area is 169 Å². The van der Waals surface area contributed by atoms with Gasteiger partial charge in [0.1, 0.15) is 5.75 Å².